The van der Waals surface area contributed by atoms with Gasteiger partial charge in [-0.2, -0.15) is 0 Å². The van der Waals surface area contributed by atoms with Crippen molar-refractivity contribution in [2.75, 3.05) is 52.6 Å². The average molecular weight is 515 g/mol. The number of hydrogen-bond donors (Lipinski definition) is 1. The van der Waals surface area contributed by atoms with Gasteiger partial charge in [0.25, 0.3) is 0 Å². The summed E-state index contributed by atoms with van der Waals surface area (Å²) >= 11 is 6.35. The number of para-hydroxylation sites is 1. The highest BCUT2D eigenvalue weighted by Crippen LogP contribution is 2.29. The Labute approximate surface area is 212 Å². The van der Waals surface area contributed by atoms with Gasteiger partial charge >= 0.3 is 0 Å². The molecule has 0 saturated carbocycles. The smallest absolute Gasteiger partial charge is 0.244 e. The monoisotopic (exact) mass is 514 g/mol. The van der Waals surface area contributed by atoms with Crippen LogP contribution >= 0.6 is 11.6 Å². The van der Waals surface area contributed by atoms with Gasteiger partial charge in [-0.3, -0.25) is 4.90 Å². The lowest BCUT2D eigenvalue weighted by atomic mass is 10.1. The summed E-state index contributed by atoms with van der Waals surface area (Å²) < 4.78 is 26.6. The zero-order valence-electron chi connectivity index (χ0n) is 20.3. The molecule has 3 aromatic rings. The Hall–Kier alpha value is -2.56. The maximum Gasteiger partial charge on any atom is 0.244 e. The summed E-state index contributed by atoms with van der Waals surface area (Å²) in [6.07, 6.45) is 2.08. The standard InChI is InChI=1S/C25H31ClN6O2S/c1-30(2)35(33,34)23-7-5-4-6-22(23)28-25-21(26)17-27-24(29-25)16-19-8-10-20(11-9-19)18-32-14-12-31(3)13-15-32/h4-11,17H,12-16,18H2,1-3H3,(H,27,28,29). The Morgan fingerprint density at radius 3 is 2.34 bits per heavy atom. The highest BCUT2D eigenvalue weighted by Gasteiger charge is 2.22. The lowest BCUT2D eigenvalue weighted by molar-refractivity contribution is 0.148. The summed E-state index contributed by atoms with van der Waals surface area (Å²) in [5.74, 6) is 0.960. The van der Waals surface area contributed by atoms with Gasteiger partial charge in [0.05, 0.1) is 11.9 Å². The molecule has 8 nitrogen and oxygen atoms in total. The molecule has 2 aromatic carbocycles. The molecule has 186 valence electrons. The third-order valence-corrected chi connectivity index (χ3v) is 8.23. The molecule has 2 heterocycles. The van der Waals surface area contributed by atoms with E-state index >= 15 is 0 Å². The number of halogens is 1. The molecule has 10 heteroatoms. The van der Waals surface area contributed by atoms with Crippen molar-refractivity contribution in [2.24, 2.45) is 0 Å². The fourth-order valence-corrected chi connectivity index (χ4v) is 5.08. The highest BCUT2D eigenvalue weighted by molar-refractivity contribution is 7.89. The fraction of sp³-hybridized carbons (Fsp3) is 0.360. The third-order valence-electron chi connectivity index (χ3n) is 6.08. The van der Waals surface area contributed by atoms with E-state index in [2.05, 4.69) is 56.4 Å². The average Bonchev–Trinajstić information content (AvgIpc) is 2.84. The minimum absolute atomic E-state index is 0.150. The predicted octanol–water partition coefficient (Wildman–Crippen LogP) is 3.46. The van der Waals surface area contributed by atoms with Crippen LogP contribution in [0.25, 0.3) is 0 Å². The summed E-state index contributed by atoms with van der Waals surface area (Å²) in [6, 6.07) is 15.2. The van der Waals surface area contributed by atoms with Crippen molar-refractivity contribution in [2.45, 2.75) is 17.9 Å². The van der Waals surface area contributed by atoms with E-state index in [4.69, 9.17) is 11.6 Å². The Bertz CT molecular complexity index is 1260. The molecule has 1 saturated heterocycles. The van der Waals surface area contributed by atoms with Gasteiger partial charge in [-0.15, -0.1) is 0 Å². The maximum absolute atomic E-state index is 12.7. The van der Waals surface area contributed by atoms with Crippen LogP contribution in [0.4, 0.5) is 11.5 Å². The van der Waals surface area contributed by atoms with Crippen LogP contribution in [0.1, 0.15) is 17.0 Å². The van der Waals surface area contributed by atoms with Gasteiger partial charge in [0.15, 0.2) is 5.82 Å². The minimum Gasteiger partial charge on any atom is -0.338 e. The molecule has 0 unspecified atom stereocenters. The number of benzene rings is 2. The topological polar surface area (TPSA) is 81.7 Å². The molecule has 1 aliphatic rings. The maximum atomic E-state index is 12.7. The van der Waals surface area contributed by atoms with Crippen LogP contribution in [0.15, 0.2) is 59.6 Å². The number of nitrogens with one attached hydrogen (secondary N) is 1. The van der Waals surface area contributed by atoms with Crippen molar-refractivity contribution in [3.05, 3.63) is 76.7 Å². The molecule has 1 aromatic heterocycles. The van der Waals surface area contributed by atoms with E-state index < -0.39 is 10.0 Å². The van der Waals surface area contributed by atoms with E-state index in [9.17, 15) is 8.42 Å². The molecule has 1 fully saturated rings. The Balaban J connectivity index is 1.47. The second-order valence-corrected chi connectivity index (χ2v) is 11.5. The zero-order chi connectivity index (χ0) is 25.0. The summed E-state index contributed by atoms with van der Waals surface area (Å²) in [5.41, 5.74) is 2.79. The van der Waals surface area contributed by atoms with Crippen molar-refractivity contribution in [3.8, 4) is 0 Å². The number of nitrogens with zero attached hydrogens (tertiary/aromatic N) is 5. The second-order valence-electron chi connectivity index (χ2n) is 8.96. The number of aromatic nitrogens is 2. The molecule has 35 heavy (non-hydrogen) atoms. The largest absolute Gasteiger partial charge is 0.338 e. The Morgan fingerprint density at radius 2 is 1.66 bits per heavy atom. The summed E-state index contributed by atoms with van der Waals surface area (Å²) in [6.45, 7) is 5.34. The predicted molar refractivity (Wildman–Crippen MR) is 140 cm³/mol. The molecule has 0 aliphatic carbocycles. The van der Waals surface area contributed by atoms with E-state index in [-0.39, 0.29) is 4.90 Å². The van der Waals surface area contributed by atoms with Gasteiger partial charge < -0.3 is 10.2 Å². The molecule has 4 rings (SSSR count). The molecule has 0 atom stereocenters. The molecule has 0 bridgehead atoms. The van der Waals surface area contributed by atoms with Gasteiger partial charge in [-0.1, -0.05) is 48.0 Å². The van der Waals surface area contributed by atoms with Crippen molar-refractivity contribution < 1.29 is 8.42 Å². The Kier molecular flexibility index (Phi) is 8.03. The zero-order valence-corrected chi connectivity index (χ0v) is 21.8. The fourth-order valence-electron chi connectivity index (χ4n) is 3.90. The lowest BCUT2D eigenvalue weighted by Crippen LogP contribution is -2.43. The van der Waals surface area contributed by atoms with E-state index in [0.29, 0.717) is 28.8 Å². The first-order valence-electron chi connectivity index (χ1n) is 11.5. The first kappa shape index (κ1) is 25.5. The number of sulfonamides is 1. The Morgan fingerprint density at radius 1 is 1.00 bits per heavy atom. The van der Waals surface area contributed by atoms with Crippen LogP contribution in [-0.4, -0.2) is 79.8 Å². The van der Waals surface area contributed by atoms with Gasteiger partial charge in [-0.05, 0) is 30.3 Å². The minimum atomic E-state index is -3.64. The summed E-state index contributed by atoms with van der Waals surface area (Å²) in [4.78, 5) is 13.9. The van der Waals surface area contributed by atoms with Gasteiger partial charge in [0, 0.05) is 53.2 Å². The summed E-state index contributed by atoms with van der Waals surface area (Å²) in [7, 11) is 1.52. The van der Waals surface area contributed by atoms with Crippen LogP contribution in [0, 0.1) is 0 Å². The molecular formula is C25H31ClN6O2S. The van der Waals surface area contributed by atoms with Gasteiger partial charge in [-0.25, -0.2) is 22.7 Å². The molecule has 1 N–H and O–H groups in total. The van der Waals surface area contributed by atoms with Crippen LogP contribution in [-0.2, 0) is 23.0 Å². The quantitative estimate of drug-likeness (QED) is 0.493. The molecular weight excluding hydrogens is 484 g/mol. The van der Waals surface area contributed by atoms with Crippen LogP contribution in [0.3, 0.4) is 0 Å². The van der Waals surface area contributed by atoms with Crippen molar-refractivity contribution in [3.63, 3.8) is 0 Å². The first-order valence-corrected chi connectivity index (χ1v) is 13.3. The lowest BCUT2D eigenvalue weighted by Gasteiger charge is -2.32. The number of likely N-dealkylation sites (N-methyl/N-ethyl adjacent to an activating group) is 1. The van der Waals surface area contributed by atoms with Crippen LogP contribution in [0.5, 0.6) is 0 Å². The first-order chi connectivity index (χ1) is 16.7. The molecule has 0 amide bonds. The second kappa shape index (κ2) is 11.0. The third kappa shape index (κ3) is 6.36. The number of anilines is 2. The van der Waals surface area contributed by atoms with E-state index in [1.54, 1.807) is 24.3 Å². The van der Waals surface area contributed by atoms with Crippen molar-refractivity contribution in [1.82, 2.24) is 24.1 Å². The number of rotatable bonds is 8. The van der Waals surface area contributed by atoms with Crippen LogP contribution in [0.2, 0.25) is 5.02 Å². The van der Waals surface area contributed by atoms with Gasteiger partial charge in [0.2, 0.25) is 10.0 Å². The number of hydrogen-bond acceptors (Lipinski definition) is 7. The van der Waals surface area contributed by atoms with E-state index in [0.717, 1.165) is 38.3 Å². The van der Waals surface area contributed by atoms with Crippen LogP contribution < -0.4 is 5.32 Å². The summed E-state index contributed by atoms with van der Waals surface area (Å²) in [5, 5.41) is 3.40. The van der Waals surface area contributed by atoms with Gasteiger partial charge in [0.1, 0.15) is 15.7 Å². The highest BCUT2D eigenvalue weighted by atomic mass is 35.5. The SMILES string of the molecule is CN1CCN(Cc2ccc(Cc3ncc(Cl)c(Nc4ccccc4S(=O)(=O)N(C)C)n3)cc2)CC1. The van der Waals surface area contributed by atoms with Crippen molar-refractivity contribution >= 4 is 33.1 Å². The van der Waals surface area contributed by atoms with E-state index in [1.807, 2.05) is 0 Å². The molecule has 0 radical (unpaired) electrons. The molecule has 1 aliphatic heterocycles. The van der Waals surface area contributed by atoms with Crippen molar-refractivity contribution in [1.29, 1.82) is 0 Å². The normalized spacial score (nSPS) is 15.5. The van der Waals surface area contributed by atoms with E-state index in [1.165, 1.54) is 30.2 Å². The molecule has 0 spiro atoms. The number of piperazine rings is 1.